The van der Waals surface area contributed by atoms with Gasteiger partial charge < -0.3 is 10.2 Å². The molecule has 0 saturated heterocycles. The van der Waals surface area contributed by atoms with E-state index in [0.717, 1.165) is 25.7 Å². The summed E-state index contributed by atoms with van der Waals surface area (Å²) in [6.07, 6.45) is -1.01. The number of rotatable bonds is 4. The summed E-state index contributed by atoms with van der Waals surface area (Å²) in [5.41, 5.74) is 1.22. The van der Waals surface area contributed by atoms with Crippen LogP contribution in [-0.4, -0.2) is 49.0 Å². The van der Waals surface area contributed by atoms with E-state index in [1.807, 2.05) is 18.2 Å². The molecule has 7 nitrogen and oxygen atoms in total. The Morgan fingerprint density at radius 1 is 1.07 bits per heavy atom. The fourth-order valence-corrected chi connectivity index (χ4v) is 4.35. The molecule has 2 aromatic rings. The standard InChI is InChI=1S/C15H15Cl2N3O2S.C2HF3O2/c16-11-6-3-9(7-12(11)17)8-1-4-10(5-2-8)23-14-13(15(21)22)18-20-19-14;3-2(4,5)1(6)7/h3,6-8,10H,1-2,4-5H2,(H,21,22)(H,18,19,20);(H,6,7). The van der Waals surface area contributed by atoms with Crippen LogP contribution in [0, 0.1) is 0 Å². The molecule has 0 amide bonds. The van der Waals surface area contributed by atoms with Gasteiger partial charge in [0.1, 0.15) is 0 Å². The quantitative estimate of drug-likeness (QED) is 0.540. The van der Waals surface area contributed by atoms with Crippen molar-refractivity contribution in [3.05, 3.63) is 39.5 Å². The molecule has 1 heterocycles. The van der Waals surface area contributed by atoms with E-state index in [1.165, 1.54) is 17.3 Å². The number of halogens is 5. The van der Waals surface area contributed by atoms with Gasteiger partial charge in [0.2, 0.25) is 5.69 Å². The molecule has 0 bridgehead atoms. The fraction of sp³-hybridized carbons (Fsp3) is 0.412. The van der Waals surface area contributed by atoms with E-state index in [9.17, 15) is 18.0 Å². The maximum Gasteiger partial charge on any atom is 0.490 e. The van der Waals surface area contributed by atoms with Crippen LogP contribution >= 0.6 is 35.0 Å². The molecule has 30 heavy (non-hydrogen) atoms. The van der Waals surface area contributed by atoms with Crippen molar-refractivity contribution in [3.8, 4) is 0 Å². The molecule has 0 atom stereocenters. The van der Waals surface area contributed by atoms with Gasteiger partial charge in [-0.1, -0.05) is 41.0 Å². The number of nitrogens with one attached hydrogen (secondary N) is 1. The zero-order chi connectivity index (χ0) is 22.5. The van der Waals surface area contributed by atoms with Crippen LogP contribution < -0.4 is 0 Å². The number of alkyl halides is 3. The van der Waals surface area contributed by atoms with E-state index in [-0.39, 0.29) is 5.69 Å². The number of carboxylic acids is 2. The summed E-state index contributed by atoms with van der Waals surface area (Å²) < 4.78 is 31.7. The lowest BCUT2D eigenvalue weighted by atomic mass is 9.84. The van der Waals surface area contributed by atoms with Crippen molar-refractivity contribution in [3.63, 3.8) is 0 Å². The third kappa shape index (κ3) is 6.78. The number of thioether (sulfide) groups is 1. The number of hydrogen-bond donors (Lipinski definition) is 3. The normalized spacial score (nSPS) is 19.0. The van der Waals surface area contributed by atoms with Crippen molar-refractivity contribution in [1.29, 1.82) is 0 Å². The lowest BCUT2D eigenvalue weighted by Crippen LogP contribution is -2.21. The van der Waals surface area contributed by atoms with Crippen LogP contribution in [0.2, 0.25) is 10.0 Å². The number of H-pyrrole nitrogens is 1. The number of carbonyl (C=O) groups is 2. The van der Waals surface area contributed by atoms with E-state index in [1.54, 1.807) is 0 Å². The molecule has 3 N–H and O–H groups in total. The minimum atomic E-state index is -5.08. The third-order valence-electron chi connectivity index (χ3n) is 4.33. The van der Waals surface area contributed by atoms with Crippen LogP contribution in [0.3, 0.4) is 0 Å². The Balaban J connectivity index is 0.000000396. The van der Waals surface area contributed by atoms with Gasteiger partial charge in [-0.2, -0.15) is 18.4 Å². The molecule has 1 aliphatic carbocycles. The van der Waals surface area contributed by atoms with E-state index in [2.05, 4.69) is 15.4 Å². The molecule has 0 aliphatic heterocycles. The maximum absolute atomic E-state index is 11.1. The number of aromatic amines is 1. The summed E-state index contributed by atoms with van der Waals surface area (Å²) >= 11 is 13.6. The van der Waals surface area contributed by atoms with E-state index in [4.69, 9.17) is 38.2 Å². The van der Waals surface area contributed by atoms with Gasteiger partial charge in [0.15, 0.2) is 5.03 Å². The second-order valence-corrected chi connectivity index (χ2v) is 8.45. The number of nitrogens with zero attached hydrogens (tertiary/aromatic N) is 2. The number of hydrogen-bond acceptors (Lipinski definition) is 5. The maximum atomic E-state index is 11.1. The van der Waals surface area contributed by atoms with Gasteiger partial charge in [-0.15, -0.1) is 10.2 Å². The first-order chi connectivity index (χ1) is 14.0. The van der Waals surface area contributed by atoms with Gasteiger partial charge in [0.05, 0.1) is 10.0 Å². The second-order valence-electron chi connectivity index (χ2n) is 6.35. The molecule has 3 rings (SSSR count). The molecular formula is C17H16Cl2F3N3O4S. The van der Waals surface area contributed by atoms with E-state index < -0.39 is 18.1 Å². The van der Waals surface area contributed by atoms with Crippen molar-refractivity contribution in [2.75, 3.05) is 0 Å². The molecule has 13 heteroatoms. The largest absolute Gasteiger partial charge is 0.490 e. The van der Waals surface area contributed by atoms with Gasteiger partial charge in [0, 0.05) is 5.25 Å². The number of aromatic carboxylic acids is 1. The molecule has 1 saturated carbocycles. The summed E-state index contributed by atoms with van der Waals surface area (Å²) in [5, 5.41) is 28.2. The van der Waals surface area contributed by atoms with Crippen molar-refractivity contribution in [1.82, 2.24) is 15.4 Å². The Bertz CT molecular complexity index is 903. The Kier molecular flexibility index (Phi) is 8.39. The third-order valence-corrected chi connectivity index (χ3v) is 6.38. The lowest BCUT2D eigenvalue weighted by Gasteiger charge is -2.28. The fourth-order valence-electron chi connectivity index (χ4n) is 2.88. The summed E-state index contributed by atoms with van der Waals surface area (Å²) in [4.78, 5) is 20.0. The van der Waals surface area contributed by atoms with Crippen LogP contribution in [0.4, 0.5) is 13.2 Å². The van der Waals surface area contributed by atoms with E-state index >= 15 is 0 Å². The molecule has 1 fully saturated rings. The lowest BCUT2D eigenvalue weighted by molar-refractivity contribution is -0.192. The monoisotopic (exact) mass is 485 g/mol. The van der Waals surface area contributed by atoms with Crippen molar-refractivity contribution in [2.45, 2.75) is 48.1 Å². The topological polar surface area (TPSA) is 116 Å². The predicted octanol–water partition coefficient (Wildman–Crippen LogP) is 5.26. The Morgan fingerprint density at radius 3 is 2.17 bits per heavy atom. The molecule has 0 radical (unpaired) electrons. The number of carboxylic acid groups (broad SMARTS) is 2. The second kappa shape index (κ2) is 10.4. The van der Waals surface area contributed by atoms with E-state index in [0.29, 0.717) is 26.2 Å². The minimum Gasteiger partial charge on any atom is -0.476 e. The first-order valence-corrected chi connectivity index (χ1v) is 10.2. The Hall–Kier alpha value is -1.98. The minimum absolute atomic E-state index is 0.00149. The number of aliphatic carboxylic acids is 1. The molecule has 164 valence electrons. The molecule has 1 aromatic heterocycles. The highest BCUT2D eigenvalue weighted by Crippen LogP contribution is 2.41. The van der Waals surface area contributed by atoms with Crippen molar-refractivity contribution >= 4 is 46.9 Å². The smallest absolute Gasteiger partial charge is 0.476 e. The molecule has 0 unspecified atom stereocenters. The first kappa shape index (κ1) is 24.3. The van der Waals surface area contributed by atoms with Gasteiger partial charge in [-0.05, 0) is 49.3 Å². The summed E-state index contributed by atoms with van der Waals surface area (Å²) in [5.74, 6) is -3.34. The van der Waals surface area contributed by atoms with Crippen molar-refractivity contribution in [2.24, 2.45) is 0 Å². The molecule has 0 spiro atoms. The van der Waals surface area contributed by atoms with Gasteiger partial charge >= 0.3 is 18.1 Å². The summed E-state index contributed by atoms with van der Waals surface area (Å²) in [6.45, 7) is 0. The Morgan fingerprint density at radius 2 is 1.67 bits per heavy atom. The zero-order valence-corrected chi connectivity index (χ0v) is 17.4. The van der Waals surface area contributed by atoms with Gasteiger partial charge in [-0.25, -0.2) is 9.59 Å². The SMILES string of the molecule is O=C(O)C(F)(F)F.O=C(O)c1n[nH]nc1SC1CCC(c2ccc(Cl)c(Cl)c2)CC1. The van der Waals surface area contributed by atoms with Crippen LogP contribution in [-0.2, 0) is 4.79 Å². The number of benzene rings is 1. The predicted molar refractivity (Wildman–Crippen MR) is 104 cm³/mol. The van der Waals surface area contributed by atoms with Crippen LogP contribution in [0.5, 0.6) is 0 Å². The highest BCUT2D eigenvalue weighted by molar-refractivity contribution is 7.99. The van der Waals surface area contributed by atoms with Crippen molar-refractivity contribution < 1.29 is 33.0 Å². The van der Waals surface area contributed by atoms with Crippen LogP contribution in [0.25, 0.3) is 0 Å². The first-order valence-electron chi connectivity index (χ1n) is 8.54. The van der Waals surface area contributed by atoms with Crippen LogP contribution in [0.1, 0.15) is 47.7 Å². The highest BCUT2D eigenvalue weighted by atomic mass is 35.5. The Labute approximate surface area is 182 Å². The molecule has 1 aliphatic rings. The van der Waals surface area contributed by atoms with Gasteiger partial charge in [-0.3, -0.25) is 0 Å². The summed E-state index contributed by atoms with van der Waals surface area (Å²) in [7, 11) is 0. The average molecular weight is 486 g/mol. The van der Waals surface area contributed by atoms with Gasteiger partial charge in [0.25, 0.3) is 0 Å². The average Bonchev–Trinajstić information content (AvgIpc) is 3.13. The molecule has 1 aromatic carbocycles. The molecular weight excluding hydrogens is 470 g/mol. The number of aromatic nitrogens is 3. The van der Waals surface area contributed by atoms with Crippen LogP contribution in [0.15, 0.2) is 23.2 Å². The zero-order valence-electron chi connectivity index (χ0n) is 15.1. The summed E-state index contributed by atoms with van der Waals surface area (Å²) in [6, 6.07) is 5.82. The highest BCUT2D eigenvalue weighted by Gasteiger charge is 2.38.